The van der Waals surface area contributed by atoms with Gasteiger partial charge in [-0.25, -0.2) is 0 Å². The van der Waals surface area contributed by atoms with E-state index in [-0.39, 0.29) is 0 Å². The summed E-state index contributed by atoms with van der Waals surface area (Å²) >= 11 is 0. The molecular formula is C20H18O2. The number of benzene rings is 3. The highest BCUT2D eigenvalue weighted by Gasteiger charge is 2.00. The number of aryl methyl sites for hydroxylation is 1. The van der Waals surface area contributed by atoms with Crippen LogP contribution in [0.4, 0.5) is 0 Å². The molecule has 0 heterocycles. The molecule has 0 unspecified atom stereocenters. The van der Waals surface area contributed by atoms with E-state index in [1.165, 1.54) is 5.56 Å². The maximum atomic E-state index is 5.83. The fraction of sp³-hybridized carbons (Fsp3) is 0.100. The number of hydrogen-bond donors (Lipinski definition) is 0. The van der Waals surface area contributed by atoms with Gasteiger partial charge in [0.2, 0.25) is 0 Å². The maximum absolute atomic E-state index is 5.83. The lowest BCUT2D eigenvalue weighted by Crippen LogP contribution is -1.87. The number of ether oxygens (including phenoxy) is 2. The molecule has 3 rings (SSSR count). The van der Waals surface area contributed by atoms with Crippen molar-refractivity contribution in [2.45, 2.75) is 13.3 Å². The van der Waals surface area contributed by atoms with Gasteiger partial charge in [0, 0.05) is 0 Å². The van der Waals surface area contributed by atoms with Crippen LogP contribution < -0.4 is 9.47 Å². The van der Waals surface area contributed by atoms with Crippen molar-refractivity contribution in [3.8, 4) is 23.0 Å². The van der Waals surface area contributed by atoms with Gasteiger partial charge >= 0.3 is 0 Å². The molecular weight excluding hydrogens is 272 g/mol. The molecule has 0 amide bonds. The fourth-order valence-electron chi connectivity index (χ4n) is 2.13. The Morgan fingerprint density at radius 1 is 0.545 bits per heavy atom. The summed E-state index contributed by atoms with van der Waals surface area (Å²) in [5.41, 5.74) is 1.30. The largest absolute Gasteiger partial charge is 0.457 e. The first-order chi connectivity index (χ1) is 10.8. The number of hydrogen-bond acceptors (Lipinski definition) is 2. The molecule has 0 spiro atoms. The molecule has 0 aliphatic heterocycles. The molecule has 3 aromatic rings. The molecule has 0 fully saturated rings. The van der Waals surface area contributed by atoms with Crippen LogP contribution in [-0.4, -0.2) is 0 Å². The van der Waals surface area contributed by atoms with E-state index in [4.69, 9.17) is 9.47 Å². The molecule has 0 aliphatic carbocycles. The third kappa shape index (κ3) is 3.67. The van der Waals surface area contributed by atoms with E-state index < -0.39 is 0 Å². The van der Waals surface area contributed by atoms with Crippen LogP contribution >= 0.6 is 0 Å². The van der Waals surface area contributed by atoms with Gasteiger partial charge in [0.1, 0.15) is 23.0 Å². The van der Waals surface area contributed by atoms with Crippen LogP contribution in [-0.2, 0) is 6.42 Å². The smallest absolute Gasteiger partial charge is 0.127 e. The van der Waals surface area contributed by atoms with E-state index in [0.717, 1.165) is 29.4 Å². The minimum absolute atomic E-state index is 0.792. The molecule has 0 N–H and O–H groups in total. The van der Waals surface area contributed by atoms with E-state index >= 15 is 0 Å². The highest BCUT2D eigenvalue weighted by molar-refractivity contribution is 5.38. The van der Waals surface area contributed by atoms with Crippen molar-refractivity contribution in [3.63, 3.8) is 0 Å². The van der Waals surface area contributed by atoms with Crippen LogP contribution in [0.25, 0.3) is 0 Å². The molecule has 2 nitrogen and oxygen atoms in total. The topological polar surface area (TPSA) is 18.5 Å². The Bertz CT molecular complexity index is 701. The normalized spacial score (nSPS) is 10.2. The Hall–Kier alpha value is -2.74. The van der Waals surface area contributed by atoms with Gasteiger partial charge in [-0.05, 0) is 60.5 Å². The van der Waals surface area contributed by atoms with Crippen molar-refractivity contribution in [2.24, 2.45) is 0 Å². The average Bonchev–Trinajstić information content (AvgIpc) is 2.58. The molecule has 0 radical (unpaired) electrons. The van der Waals surface area contributed by atoms with Gasteiger partial charge in [0.25, 0.3) is 0 Å². The Labute approximate surface area is 131 Å². The zero-order valence-electron chi connectivity index (χ0n) is 12.5. The second-order valence-corrected chi connectivity index (χ2v) is 4.99. The Kier molecular flexibility index (Phi) is 4.40. The predicted octanol–water partition coefficient (Wildman–Crippen LogP) is 5.83. The average molecular weight is 290 g/mol. The summed E-state index contributed by atoms with van der Waals surface area (Å²) in [5, 5.41) is 0. The summed E-state index contributed by atoms with van der Waals surface area (Å²) in [6.45, 7) is 2.14. The van der Waals surface area contributed by atoms with Gasteiger partial charge in [-0.15, -0.1) is 0 Å². The van der Waals surface area contributed by atoms with Crippen molar-refractivity contribution >= 4 is 0 Å². The summed E-state index contributed by atoms with van der Waals surface area (Å²) in [6.07, 6.45) is 1.03. The lowest BCUT2D eigenvalue weighted by atomic mass is 10.2. The Balaban J connectivity index is 1.66. The third-order valence-electron chi connectivity index (χ3n) is 3.37. The zero-order valence-corrected chi connectivity index (χ0v) is 12.5. The minimum Gasteiger partial charge on any atom is -0.457 e. The minimum atomic E-state index is 0.792. The first kappa shape index (κ1) is 14.2. The molecule has 22 heavy (non-hydrogen) atoms. The maximum Gasteiger partial charge on any atom is 0.127 e. The van der Waals surface area contributed by atoms with Crippen LogP contribution in [0.15, 0.2) is 78.9 Å². The van der Waals surface area contributed by atoms with Gasteiger partial charge in [-0.3, -0.25) is 0 Å². The van der Waals surface area contributed by atoms with E-state index in [2.05, 4.69) is 19.1 Å². The third-order valence-corrected chi connectivity index (χ3v) is 3.37. The second-order valence-electron chi connectivity index (χ2n) is 4.99. The standard InChI is InChI=1S/C20H18O2/c1-2-16-8-10-18(11-9-16)22-20-14-12-19(13-15-20)21-17-6-4-3-5-7-17/h3-15H,2H2,1H3. The molecule has 3 aromatic carbocycles. The molecule has 0 atom stereocenters. The van der Waals surface area contributed by atoms with Crippen molar-refractivity contribution in [1.82, 2.24) is 0 Å². The summed E-state index contributed by atoms with van der Waals surface area (Å²) in [6, 6.07) is 25.5. The van der Waals surface area contributed by atoms with Crippen molar-refractivity contribution < 1.29 is 9.47 Å². The van der Waals surface area contributed by atoms with Gasteiger partial charge < -0.3 is 9.47 Å². The van der Waals surface area contributed by atoms with Crippen molar-refractivity contribution in [3.05, 3.63) is 84.4 Å². The van der Waals surface area contributed by atoms with E-state index in [1.54, 1.807) is 0 Å². The highest BCUT2D eigenvalue weighted by Crippen LogP contribution is 2.26. The van der Waals surface area contributed by atoms with Gasteiger partial charge in [0.05, 0.1) is 0 Å². The Morgan fingerprint density at radius 3 is 1.41 bits per heavy atom. The fourth-order valence-corrected chi connectivity index (χ4v) is 2.13. The lowest BCUT2D eigenvalue weighted by Gasteiger charge is -2.08. The quantitative estimate of drug-likeness (QED) is 0.588. The second kappa shape index (κ2) is 6.81. The van der Waals surface area contributed by atoms with Crippen LogP contribution in [0, 0.1) is 0 Å². The van der Waals surface area contributed by atoms with Crippen LogP contribution in [0.5, 0.6) is 23.0 Å². The first-order valence-electron chi connectivity index (χ1n) is 7.43. The predicted molar refractivity (Wildman–Crippen MR) is 88.9 cm³/mol. The van der Waals surface area contributed by atoms with Crippen LogP contribution in [0.3, 0.4) is 0 Å². The van der Waals surface area contributed by atoms with E-state index in [0.29, 0.717) is 0 Å². The molecule has 0 saturated heterocycles. The monoisotopic (exact) mass is 290 g/mol. The zero-order chi connectivity index (χ0) is 15.2. The molecule has 2 heteroatoms. The van der Waals surface area contributed by atoms with Gasteiger partial charge in [-0.1, -0.05) is 37.3 Å². The van der Waals surface area contributed by atoms with Crippen molar-refractivity contribution in [2.75, 3.05) is 0 Å². The molecule has 110 valence electrons. The summed E-state index contributed by atoms with van der Waals surface area (Å²) in [7, 11) is 0. The summed E-state index contributed by atoms with van der Waals surface area (Å²) in [5.74, 6) is 3.25. The molecule has 0 saturated carbocycles. The molecule has 0 bridgehead atoms. The molecule has 0 aliphatic rings. The highest BCUT2D eigenvalue weighted by atomic mass is 16.5. The Morgan fingerprint density at radius 2 is 0.955 bits per heavy atom. The molecule has 0 aromatic heterocycles. The lowest BCUT2D eigenvalue weighted by molar-refractivity contribution is 0.469. The SMILES string of the molecule is CCc1ccc(Oc2ccc(Oc3ccccc3)cc2)cc1. The van der Waals surface area contributed by atoms with Gasteiger partial charge in [0.15, 0.2) is 0 Å². The first-order valence-corrected chi connectivity index (χ1v) is 7.43. The van der Waals surface area contributed by atoms with Crippen LogP contribution in [0.1, 0.15) is 12.5 Å². The van der Waals surface area contributed by atoms with Gasteiger partial charge in [-0.2, -0.15) is 0 Å². The summed E-state index contributed by atoms with van der Waals surface area (Å²) in [4.78, 5) is 0. The summed E-state index contributed by atoms with van der Waals surface area (Å²) < 4.78 is 11.6. The van der Waals surface area contributed by atoms with Crippen LogP contribution in [0.2, 0.25) is 0 Å². The number of para-hydroxylation sites is 1. The van der Waals surface area contributed by atoms with Crippen molar-refractivity contribution in [1.29, 1.82) is 0 Å². The van der Waals surface area contributed by atoms with E-state index in [9.17, 15) is 0 Å². The van der Waals surface area contributed by atoms with E-state index in [1.807, 2.05) is 66.7 Å². The number of rotatable bonds is 5.